The number of hydrogen-bond donors (Lipinski definition) is 0. The molecule has 168 valence electrons. The summed E-state index contributed by atoms with van der Waals surface area (Å²) < 4.78 is 21.8. The Kier molecular flexibility index (Phi) is 4.69. The molecule has 5 aromatic rings. The molecule has 0 saturated carbocycles. The van der Waals surface area contributed by atoms with Crippen LogP contribution in [0.1, 0.15) is 32.3 Å². The van der Waals surface area contributed by atoms with Gasteiger partial charge in [0, 0.05) is 11.4 Å². The van der Waals surface area contributed by atoms with Gasteiger partial charge < -0.3 is 9.30 Å². The smallest absolute Gasteiger partial charge is 0.197 e. The van der Waals surface area contributed by atoms with Crippen molar-refractivity contribution in [1.82, 2.24) is 4.98 Å². The average Bonchev–Trinajstić information content (AvgIpc) is 3.17. The lowest BCUT2D eigenvalue weighted by atomic mass is 9.92. The van der Waals surface area contributed by atoms with Crippen LogP contribution in [0.25, 0.3) is 32.7 Å². The van der Waals surface area contributed by atoms with Gasteiger partial charge in [-0.1, -0.05) is 87.5 Å². The van der Waals surface area contributed by atoms with Gasteiger partial charge in [-0.3, -0.25) is 4.98 Å². The molecule has 0 radical (unpaired) electrons. The first-order chi connectivity index (χ1) is 16.4. The van der Waals surface area contributed by atoms with Crippen LogP contribution < -0.4 is 10.0 Å². The minimum Gasteiger partial charge on any atom is -0.475 e. The van der Waals surface area contributed by atoms with Gasteiger partial charge in [-0.15, -0.1) is 0 Å². The van der Waals surface area contributed by atoms with Crippen LogP contribution in [0.15, 0.2) is 97.2 Å². The van der Waals surface area contributed by atoms with Crippen LogP contribution in [0, 0.1) is 0 Å². The lowest BCUT2D eigenvalue weighted by Crippen LogP contribution is -2.25. The van der Waals surface area contributed by atoms with Gasteiger partial charge in [-0.2, -0.15) is 0 Å². The molecular formula is C30H26NO2P. The van der Waals surface area contributed by atoms with Gasteiger partial charge in [-0.25, -0.2) is 0 Å². The molecule has 4 aromatic carbocycles. The highest BCUT2D eigenvalue weighted by Crippen LogP contribution is 2.72. The summed E-state index contributed by atoms with van der Waals surface area (Å²) in [5, 5.41) is 4.95. The topological polar surface area (TPSA) is 39.2 Å². The predicted octanol–water partition coefficient (Wildman–Crippen LogP) is 7.93. The largest absolute Gasteiger partial charge is 0.475 e. The molecular weight excluding hydrogens is 437 g/mol. The van der Waals surface area contributed by atoms with Crippen molar-refractivity contribution in [2.45, 2.75) is 31.8 Å². The molecule has 1 aliphatic rings. The summed E-state index contributed by atoms with van der Waals surface area (Å²) in [4.78, 5) is 4.56. The quantitative estimate of drug-likeness (QED) is 0.197. The molecule has 0 saturated heterocycles. The fourth-order valence-electron chi connectivity index (χ4n) is 5.23. The zero-order valence-electron chi connectivity index (χ0n) is 19.5. The summed E-state index contributed by atoms with van der Waals surface area (Å²) in [5.74, 6) is 0.0921. The Morgan fingerprint density at radius 3 is 2.06 bits per heavy atom. The van der Waals surface area contributed by atoms with Crippen molar-refractivity contribution in [3.05, 3.63) is 103 Å². The van der Waals surface area contributed by atoms with Crippen LogP contribution in [-0.4, -0.2) is 10.1 Å². The van der Waals surface area contributed by atoms with Gasteiger partial charge in [0.05, 0.1) is 11.0 Å². The minimum atomic E-state index is -3.12. The molecule has 0 fully saturated rings. The van der Waals surface area contributed by atoms with Crippen molar-refractivity contribution in [2.24, 2.45) is 0 Å². The van der Waals surface area contributed by atoms with Gasteiger partial charge in [0.25, 0.3) is 0 Å². The lowest BCUT2D eigenvalue weighted by Gasteiger charge is -2.32. The van der Waals surface area contributed by atoms with E-state index in [2.05, 4.69) is 86.4 Å². The molecule has 3 nitrogen and oxygen atoms in total. The normalized spacial score (nSPS) is 19.8. The highest BCUT2D eigenvalue weighted by Gasteiger charge is 2.55. The molecule has 1 aliphatic heterocycles. The van der Waals surface area contributed by atoms with Crippen molar-refractivity contribution < 1.29 is 9.30 Å². The molecule has 0 N–H and O–H groups in total. The van der Waals surface area contributed by atoms with Crippen molar-refractivity contribution in [3.8, 4) is 16.9 Å². The first-order valence-electron chi connectivity index (χ1n) is 11.6. The molecule has 0 aliphatic carbocycles. The maximum absolute atomic E-state index is 15.3. The number of pyridine rings is 1. The standard InChI is InChI=1S/C30H26NO2P/c1-30(2,3)34(32)28-24(15-10-17-26(28)33-29(34)25-16-8-9-18-31-25)27-22-13-6-4-11-20(22)19-21-12-5-7-14-23(21)27/h4-19,29H,1-3H3/t29-,34?/m1/s1. The summed E-state index contributed by atoms with van der Waals surface area (Å²) in [7, 11) is -3.12. The van der Waals surface area contributed by atoms with E-state index in [1.165, 1.54) is 10.8 Å². The molecule has 2 heterocycles. The summed E-state index contributed by atoms with van der Waals surface area (Å²) in [5.41, 5.74) is 2.81. The zero-order chi connectivity index (χ0) is 23.5. The third kappa shape index (κ3) is 2.97. The van der Waals surface area contributed by atoms with E-state index in [4.69, 9.17) is 4.74 Å². The fourth-order valence-corrected chi connectivity index (χ4v) is 8.63. The Labute approximate surface area is 199 Å². The van der Waals surface area contributed by atoms with Gasteiger partial charge in [0.15, 0.2) is 13.0 Å². The van der Waals surface area contributed by atoms with Crippen LogP contribution >= 0.6 is 7.14 Å². The number of ether oxygens (including phenoxy) is 1. The van der Waals surface area contributed by atoms with Crippen LogP contribution in [-0.2, 0) is 4.57 Å². The first-order valence-corrected chi connectivity index (χ1v) is 13.4. The van der Waals surface area contributed by atoms with Gasteiger partial charge >= 0.3 is 0 Å². The number of aromatic nitrogens is 1. The molecule has 0 amide bonds. The van der Waals surface area contributed by atoms with Crippen molar-refractivity contribution in [2.75, 3.05) is 0 Å². The summed E-state index contributed by atoms with van der Waals surface area (Å²) in [6.45, 7) is 6.17. The maximum atomic E-state index is 15.3. The SMILES string of the molecule is CC(C)(C)P1(=O)c2c(cccc2-c2c3ccccc3cc3ccccc23)O[C@H]1c1ccccn1. The minimum absolute atomic E-state index is 0.517. The van der Waals surface area contributed by atoms with E-state index in [1.807, 2.05) is 30.3 Å². The molecule has 4 heteroatoms. The molecule has 6 rings (SSSR count). The van der Waals surface area contributed by atoms with Crippen molar-refractivity contribution >= 4 is 34.0 Å². The van der Waals surface area contributed by atoms with E-state index in [1.54, 1.807) is 6.20 Å². The molecule has 34 heavy (non-hydrogen) atoms. The van der Waals surface area contributed by atoms with E-state index < -0.39 is 18.1 Å². The van der Waals surface area contributed by atoms with Gasteiger partial charge in [-0.05, 0) is 56.9 Å². The van der Waals surface area contributed by atoms with Crippen LogP contribution in [0.4, 0.5) is 0 Å². The summed E-state index contributed by atoms with van der Waals surface area (Å²) in [6, 6.07) is 30.9. The Balaban J connectivity index is 1.73. The van der Waals surface area contributed by atoms with Gasteiger partial charge in [0.1, 0.15) is 5.75 Å². The zero-order valence-corrected chi connectivity index (χ0v) is 20.4. The lowest BCUT2D eigenvalue weighted by molar-refractivity contribution is 0.286. The number of hydrogen-bond acceptors (Lipinski definition) is 3. The number of nitrogens with zero attached hydrogens (tertiary/aromatic N) is 1. The Hall–Kier alpha value is -3.42. The fraction of sp³-hybridized carbons (Fsp3) is 0.167. The van der Waals surface area contributed by atoms with Crippen molar-refractivity contribution in [1.29, 1.82) is 0 Å². The summed E-state index contributed by atoms with van der Waals surface area (Å²) in [6.07, 6.45) is 1.74. The molecule has 1 aromatic heterocycles. The highest BCUT2D eigenvalue weighted by atomic mass is 31.2. The monoisotopic (exact) mass is 463 g/mol. The average molecular weight is 464 g/mol. The van der Waals surface area contributed by atoms with E-state index >= 15 is 4.57 Å². The molecule has 0 bridgehead atoms. The Morgan fingerprint density at radius 1 is 0.794 bits per heavy atom. The highest BCUT2D eigenvalue weighted by molar-refractivity contribution is 7.74. The third-order valence-corrected chi connectivity index (χ3v) is 11.0. The van der Waals surface area contributed by atoms with Crippen LogP contribution in [0.3, 0.4) is 0 Å². The first kappa shape index (κ1) is 21.1. The molecule has 0 spiro atoms. The second-order valence-corrected chi connectivity index (χ2v) is 13.5. The van der Waals surface area contributed by atoms with E-state index in [-0.39, 0.29) is 0 Å². The second kappa shape index (κ2) is 7.55. The Morgan fingerprint density at radius 2 is 1.44 bits per heavy atom. The molecule has 2 atom stereocenters. The van der Waals surface area contributed by atoms with Crippen LogP contribution in [0.5, 0.6) is 5.75 Å². The number of fused-ring (bicyclic) bond motifs is 3. The van der Waals surface area contributed by atoms with Crippen molar-refractivity contribution in [3.63, 3.8) is 0 Å². The molecule has 1 unspecified atom stereocenters. The van der Waals surface area contributed by atoms with E-state index in [0.717, 1.165) is 27.2 Å². The summed E-state index contributed by atoms with van der Waals surface area (Å²) >= 11 is 0. The van der Waals surface area contributed by atoms with Gasteiger partial charge in [0.2, 0.25) is 0 Å². The number of benzene rings is 4. The number of rotatable bonds is 2. The van der Waals surface area contributed by atoms with E-state index in [9.17, 15) is 0 Å². The predicted molar refractivity (Wildman–Crippen MR) is 141 cm³/mol. The maximum Gasteiger partial charge on any atom is 0.197 e. The third-order valence-electron chi connectivity index (χ3n) is 6.88. The second-order valence-electron chi connectivity index (χ2n) is 9.90. The van der Waals surface area contributed by atoms with Crippen LogP contribution in [0.2, 0.25) is 0 Å². The van der Waals surface area contributed by atoms with E-state index in [0.29, 0.717) is 11.4 Å². The Bertz CT molecular complexity index is 1550.